The molecule has 2 aromatic rings. The Hall–Kier alpha value is -1.46. The van der Waals surface area contributed by atoms with Gasteiger partial charge in [0.2, 0.25) is 11.0 Å². The van der Waals surface area contributed by atoms with Crippen LogP contribution in [0.3, 0.4) is 0 Å². The minimum Gasteiger partial charge on any atom is -0.300 e. The van der Waals surface area contributed by atoms with Gasteiger partial charge in [-0.2, -0.15) is 0 Å². The lowest BCUT2D eigenvalue weighted by Crippen LogP contribution is -2.23. The first-order valence-corrected chi connectivity index (χ1v) is 8.47. The summed E-state index contributed by atoms with van der Waals surface area (Å²) in [5.41, 5.74) is 3.23. The molecule has 6 heteroatoms. The van der Waals surface area contributed by atoms with Crippen LogP contribution in [-0.4, -0.2) is 21.5 Å². The maximum atomic E-state index is 12.1. The van der Waals surface area contributed by atoms with Gasteiger partial charge in [-0.05, 0) is 32.8 Å². The van der Waals surface area contributed by atoms with Crippen molar-refractivity contribution in [1.29, 1.82) is 0 Å². The molecule has 3 rings (SSSR count). The minimum absolute atomic E-state index is 0.0680. The minimum atomic E-state index is -0.457. The Balaban J connectivity index is 1.67. The summed E-state index contributed by atoms with van der Waals surface area (Å²) in [7, 11) is 0. The van der Waals surface area contributed by atoms with Gasteiger partial charge < -0.3 is 5.32 Å². The molecule has 0 bridgehead atoms. The highest BCUT2D eigenvalue weighted by Gasteiger charge is 2.55. The van der Waals surface area contributed by atoms with E-state index in [1.165, 1.54) is 28.0 Å². The Kier molecular flexibility index (Phi) is 3.95. The first kappa shape index (κ1) is 15.4. The van der Waals surface area contributed by atoms with Crippen LogP contribution in [0.25, 0.3) is 0 Å². The second kappa shape index (κ2) is 5.63. The lowest BCUT2D eigenvalue weighted by atomic mass is 10.1. The Bertz CT molecular complexity index is 710. The van der Waals surface area contributed by atoms with Crippen molar-refractivity contribution in [1.82, 2.24) is 10.2 Å². The third-order valence-corrected chi connectivity index (χ3v) is 5.45. The number of aryl methyl sites for hydroxylation is 2. The maximum absolute atomic E-state index is 12.1. The number of carbonyl (C=O) groups excluding carboxylic acids is 1. The molecular weight excluding hydrogens is 318 g/mol. The van der Waals surface area contributed by atoms with Crippen molar-refractivity contribution in [3.8, 4) is 0 Å². The first-order valence-electron chi connectivity index (χ1n) is 7.22. The zero-order valence-corrected chi connectivity index (χ0v) is 14.4. The van der Waals surface area contributed by atoms with E-state index in [4.69, 9.17) is 11.6 Å². The second-order valence-electron chi connectivity index (χ2n) is 6.22. The largest absolute Gasteiger partial charge is 0.300 e. The first-order chi connectivity index (χ1) is 10.4. The summed E-state index contributed by atoms with van der Waals surface area (Å²) >= 11 is 7.42. The van der Waals surface area contributed by atoms with Crippen LogP contribution in [0, 0.1) is 19.3 Å². The average Bonchev–Trinajstić information content (AvgIpc) is 2.82. The van der Waals surface area contributed by atoms with Crippen molar-refractivity contribution >= 4 is 34.0 Å². The molecule has 0 radical (unpaired) electrons. The number of carbonyl (C=O) groups is 1. The van der Waals surface area contributed by atoms with Crippen molar-refractivity contribution < 1.29 is 4.79 Å². The normalized spacial score (nSPS) is 23.4. The van der Waals surface area contributed by atoms with E-state index in [0.29, 0.717) is 11.6 Å². The Morgan fingerprint density at radius 1 is 1.36 bits per heavy atom. The number of nitrogens with one attached hydrogen (secondary N) is 1. The average molecular weight is 336 g/mol. The number of amides is 1. The van der Waals surface area contributed by atoms with Crippen LogP contribution in [0.5, 0.6) is 0 Å². The van der Waals surface area contributed by atoms with Gasteiger partial charge in [-0.25, -0.2) is 0 Å². The number of nitrogens with zero attached hydrogens (tertiary/aromatic N) is 2. The van der Waals surface area contributed by atoms with Crippen molar-refractivity contribution in [3.63, 3.8) is 0 Å². The summed E-state index contributed by atoms with van der Waals surface area (Å²) in [5, 5.41) is 12.4. The molecule has 1 aromatic carbocycles. The number of halogens is 1. The summed E-state index contributed by atoms with van der Waals surface area (Å²) in [5.74, 6) is -0.0680. The fourth-order valence-electron chi connectivity index (χ4n) is 2.51. The number of aromatic nitrogens is 2. The molecule has 0 saturated heterocycles. The molecule has 1 amide bonds. The van der Waals surface area contributed by atoms with Gasteiger partial charge in [0.1, 0.15) is 5.01 Å². The van der Waals surface area contributed by atoms with Gasteiger partial charge in [0.05, 0.1) is 5.41 Å². The molecule has 116 valence electrons. The van der Waals surface area contributed by atoms with E-state index in [1.54, 1.807) is 0 Å². The molecule has 2 unspecified atom stereocenters. The summed E-state index contributed by atoms with van der Waals surface area (Å²) < 4.78 is 0. The molecule has 1 saturated carbocycles. The van der Waals surface area contributed by atoms with Crippen LogP contribution in [-0.2, 0) is 11.2 Å². The fraction of sp³-hybridized carbons (Fsp3) is 0.438. The van der Waals surface area contributed by atoms with Crippen molar-refractivity contribution in [2.75, 3.05) is 5.32 Å². The van der Waals surface area contributed by atoms with Gasteiger partial charge in [0, 0.05) is 11.8 Å². The van der Waals surface area contributed by atoms with E-state index in [2.05, 4.69) is 47.6 Å². The van der Waals surface area contributed by atoms with Gasteiger partial charge in [0.15, 0.2) is 0 Å². The number of benzene rings is 1. The van der Waals surface area contributed by atoms with Crippen LogP contribution in [0.4, 0.5) is 5.13 Å². The van der Waals surface area contributed by atoms with Gasteiger partial charge in [-0.3, -0.25) is 4.79 Å². The lowest BCUT2D eigenvalue weighted by Gasteiger charge is -2.06. The zero-order chi connectivity index (χ0) is 15.9. The molecule has 1 fully saturated rings. The lowest BCUT2D eigenvalue weighted by molar-refractivity contribution is -0.120. The number of alkyl halides is 1. The maximum Gasteiger partial charge on any atom is 0.233 e. The number of anilines is 1. The molecule has 2 atom stereocenters. The highest BCUT2D eigenvalue weighted by Crippen LogP contribution is 2.50. The van der Waals surface area contributed by atoms with Crippen LogP contribution < -0.4 is 5.32 Å². The Morgan fingerprint density at radius 3 is 2.59 bits per heavy atom. The number of rotatable bonds is 4. The van der Waals surface area contributed by atoms with Gasteiger partial charge in [-0.1, -0.05) is 40.7 Å². The highest BCUT2D eigenvalue weighted by molar-refractivity contribution is 7.15. The van der Waals surface area contributed by atoms with E-state index in [-0.39, 0.29) is 11.3 Å². The molecule has 0 spiro atoms. The topological polar surface area (TPSA) is 54.9 Å². The molecule has 1 aliphatic carbocycles. The SMILES string of the molecule is Cc1cc(C)cc(Cc2nnc(NC(=O)C3(C)CC3Cl)s2)c1. The van der Waals surface area contributed by atoms with E-state index < -0.39 is 5.41 Å². The Labute approximate surface area is 138 Å². The monoisotopic (exact) mass is 335 g/mol. The van der Waals surface area contributed by atoms with E-state index >= 15 is 0 Å². The smallest absolute Gasteiger partial charge is 0.233 e. The quantitative estimate of drug-likeness (QED) is 0.867. The van der Waals surface area contributed by atoms with Gasteiger partial charge in [0.25, 0.3) is 0 Å². The molecular formula is C16H18ClN3OS. The molecule has 1 heterocycles. The predicted octanol–water partition coefficient (Wildman–Crippen LogP) is 3.70. The highest BCUT2D eigenvalue weighted by atomic mass is 35.5. The third kappa shape index (κ3) is 3.15. The van der Waals surface area contributed by atoms with Crippen LogP contribution in [0.15, 0.2) is 18.2 Å². The third-order valence-electron chi connectivity index (χ3n) is 3.98. The summed E-state index contributed by atoms with van der Waals surface area (Å²) in [6, 6.07) is 6.44. The molecule has 1 aliphatic rings. The summed E-state index contributed by atoms with van der Waals surface area (Å²) in [6.07, 6.45) is 1.44. The summed E-state index contributed by atoms with van der Waals surface area (Å²) in [4.78, 5) is 12.1. The fourth-order valence-corrected chi connectivity index (χ4v) is 3.70. The standard InChI is InChI=1S/C16H18ClN3OS/c1-9-4-10(2)6-11(5-9)7-13-19-20-15(22-13)18-14(21)16(3)8-12(16)17/h4-6,12H,7-8H2,1-3H3,(H,18,20,21). The molecule has 22 heavy (non-hydrogen) atoms. The molecule has 1 N–H and O–H groups in total. The van der Waals surface area contributed by atoms with Gasteiger partial charge >= 0.3 is 0 Å². The zero-order valence-electron chi connectivity index (χ0n) is 12.8. The van der Waals surface area contributed by atoms with Crippen LogP contribution >= 0.6 is 22.9 Å². The van der Waals surface area contributed by atoms with E-state index in [1.807, 2.05) is 6.92 Å². The van der Waals surface area contributed by atoms with Crippen molar-refractivity contribution in [2.24, 2.45) is 5.41 Å². The second-order valence-corrected chi connectivity index (χ2v) is 7.81. The van der Waals surface area contributed by atoms with E-state index in [0.717, 1.165) is 11.4 Å². The summed E-state index contributed by atoms with van der Waals surface area (Å²) in [6.45, 7) is 6.04. The van der Waals surface area contributed by atoms with Crippen LogP contribution in [0.1, 0.15) is 35.0 Å². The number of hydrogen-bond acceptors (Lipinski definition) is 4. The van der Waals surface area contributed by atoms with Crippen molar-refractivity contribution in [3.05, 3.63) is 39.9 Å². The molecule has 4 nitrogen and oxygen atoms in total. The Morgan fingerprint density at radius 2 is 2.00 bits per heavy atom. The van der Waals surface area contributed by atoms with Crippen molar-refractivity contribution in [2.45, 2.75) is 39.0 Å². The number of hydrogen-bond donors (Lipinski definition) is 1. The molecule has 1 aromatic heterocycles. The van der Waals surface area contributed by atoms with Gasteiger partial charge in [-0.15, -0.1) is 21.8 Å². The van der Waals surface area contributed by atoms with Crippen LogP contribution in [0.2, 0.25) is 0 Å². The predicted molar refractivity (Wildman–Crippen MR) is 89.6 cm³/mol. The molecule has 0 aliphatic heterocycles. The van der Waals surface area contributed by atoms with E-state index in [9.17, 15) is 4.79 Å².